The molecule has 1 N–H and O–H groups in total. The lowest BCUT2D eigenvalue weighted by Gasteiger charge is -2.34. The Morgan fingerprint density at radius 1 is 1.29 bits per heavy atom. The van der Waals surface area contributed by atoms with Crippen LogP contribution in [0, 0.1) is 11.8 Å². The van der Waals surface area contributed by atoms with Crippen molar-refractivity contribution >= 4 is 5.91 Å². The molecule has 17 heavy (non-hydrogen) atoms. The van der Waals surface area contributed by atoms with Crippen molar-refractivity contribution in [1.82, 2.24) is 10.2 Å². The second kappa shape index (κ2) is 5.85. The van der Waals surface area contributed by atoms with Gasteiger partial charge in [0.15, 0.2) is 0 Å². The lowest BCUT2D eigenvalue weighted by molar-refractivity contribution is -0.139. The van der Waals surface area contributed by atoms with E-state index >= 15 is 0 Å². The molecule has 2 rings (SSSR count). The third-order valence-corrected chi connectivity index (χ3v) is 3.95. The molecule has 2 aliphatic rings. The highest BCUT2D eigenvalue weighted by atomic mass is 16.2. The van der Waals surface area contributed by atoms with Gasteiger partial charge in [-0.2, -0.15) is 0 Å². The number of carbonyl (C=O) groups excluding carboxylic acids is 1. The summed E-state index contributed by atoms with van der Waals surface area (Å²) in [4.78, 5) is 14.5. The van der Waals surface area contributed by atoms with E-state index < -0.39 is 0 Å². The van der Waals surface area contributed by atoms with Crippen molar-refractivity contribution in [2.24, 2.45) is 11.8 Å². The van der Waals surface area contributed by atoms with Crippen LogP contribution in [0.1, 0.15) is 46.0 Å². The molecule has 0 aromatic carbocycles. The molecule has 0 spiro atoms. The van der Waals surface area contributed by atoms with Gasteiger partial charge in [0, 0.05) is 25.0 Å². The number of carbonyl (C=O) groups is 1. The number of hydrogen-bond donors (Lipinski definition) is 1. The molecule has 1 saturated carbocycles. The zero-order valence-electron chi connectivity index (χ0n) is 11.2. The van der Waals surface area contributed by atoms with Gasteiger partial charge in [0.1, 0.15) is 0 Å². The minimum absolute atomic E-state index is 0.343. The number of nitrogens with one attached hydrogen (secondary N) is 1. The van der Waals surface area contributed by atoms with Crippen LogP contribution in [0.4, 0.5) is 0 Å². The van der Waals surface area contributed by atoms with Crippen LogP contribution in [0.15, 0.2) is 0 Å². The van der Waals surface area contributed by atoms with Gasteiger partial charge in [0.2, 0.25) is 5.91 Å². The molecule has 3 nitrogen and oxygen atoms in total. The van der Waals surface area contributed by atoms with Crippen LogP contribution in [0.2, 0.25) is 0 Å². The molecule has 1 heterocycles. The van der Waals surface area contributed by atoms with E-state index in [2.05, 4.69) is 24.1 Å². The van der Waals surface area contributed by atoms with Crippen molar-refractivity contribution in [2.75, 3.05) is 19.6 Å². The fourth-order valence-electron chi connectivity index (χ4n) is 2.79. The van der Waals surface area contributed by atoms with Gasteiger partial charge < -0.3 is 10.2 Å². The summed E-state index contributed by atoms with van der Waals surface area (Å²) in [5.74, 6) is 1.33. The lowest BCUT2D eigenvalue weighted by Crippen LogP contribution is -2.46. The SMILES string of the molecule is CC(C)CN(CC1CCCN1)C(=O)C1CCC1. The molecule has 0 radical (unpaired) electrons. The fourth-order valence-corrected chi connectivity index (χ4v) is 2.79. The minimum atomic E-state index is 0.343. The fraction of sp³-hybridized carbons (Fsp3) is 0.929. The van der Waals surface area contributed by atoms with Gasteiger partial charge >= 0.3 is 0 Å². The first-order valence-corrected chi connectivity index (χ1v) is 7.19. The summed E-state index contributed by atoms with van der Waals surface area (Å²) in [6.45, 7) is 7.37. The van der Waals surface area contributed by atoms with Crippen molar-refractivity contribution in [2.45, 2.75) is 52.0 Å². The summed E-state index contributed by atoms with van der Waals surface area (Å²) in [7, 11) is 0. The van der Waals surface area contributed by atoms with Crippen molar-refractivity contribution in [3.05, 3.63) is 0 Å². The molecule has 1 atom stereocenters. The number of nitrogens with zero attached hydrogens (tertiary/aromatic N) is 1. The summed E-state index contributed by atoms with van der Waals surface area (Å²) in [5, 5.41) is 3.50. The van der Waals surface area contributed by atoms with Gasteiger partial charge in [-0.3, -0.25) is 4.79 Å². The Hall–Kier alpha value is -0.570. The summed E-state index contributed by atoms with van der Waals surface area (Å²) in [5.41, 5.74) is 0. The zero-order valence-corrected chi connectivity index (χ0v) is 11.2. The first kappa shape index (κ1) is 12.9. The van der Waals surface area contributed by atoms with E-state index in [-0.39, 0.29) is 0 Å². The predicted octanol–water partition coefficient (Wildman–Crippen LogP) is 2.02. The molecule has 2 fully saturated rings. The third kappa shape index (κ3) is 3.44. The summed E-state index contributed by atoms with van der Waals surface area (Å²) >= 11 is 0. The van der Waals surface area contributed by atoms with Crippen LogP contribution in [0.3, 0.4) is 0 Å². The van der Waals surface area contributed by atoms with E-state index in [9.17, 15) is 4.79 Å². The van der Waals surface area contributed by atoms with E-state index in [1.165, 1.54) is 19.3 Å². The smallest absolute Gasteiger partial charge is 0.225 e. The molecule has 3 heteroatoms. The van der Waals surface area contributed by atoms with E-state index in [0.29, 0.717) is 23.8 Å². The average Bonchev–Trinajstić information content (AvgIpc) is 2.65. The second-order valence-electron chi connectivity index (χ2n) is 6.06. The monoisotopic (exact) mass is 238 g/mol. The van der Waals surface area contributed by atoms with Gasteiger partial charge in [0.05, 0.1) is 0 Å². The molecule has 98 valence electrons. The van der Waals surface area contributed by atoms with Crippen LogP contribution in [0.25, 0.3) is 0 Å². The molecule has 0 bridgehead atoms. The van der Waals surface area contributed by atoms with Crippen LogP contribution in [-0.2, 0) is 4.79 Å². The summed E-state index contributed by atoms with van der Waals surface area (Å²) in [6.07, 6.45) is 5.97. The topological polar surface area (TPSA) is 32.3 Å². The molecule has 1 aliphatic heterocycles. The highest BCUT2D eigenvalue weighted by Gasteiger charge is 2.31. The van der Waals surface area contributed by atoms with E-state index in [0.717, 1.165) is 32.5 Å². The molecule has 1 amide bonds. The van der Waals surface area contributed by atoms with Crippen molar-refractivity contribution < 1.29 is 4.79 Å². The van der Waals surface area contributed by atoms with Crippen molar-refractivity contribution in [3.63, 3.8) is 0 Å². The van der Waals surface area contributed by atoms with Crippen LogP contribution in [0.5, 0.6) is 0 Å². The molecule has 0 aromatic rings. The highest BCUT2D eigenvalue weighted by Crippen LogP contribution is 2.28. The van der Waals surface area contributed by atoms with Gasteiger partial charge in [0.25, 0.3) is 0 Å². The van der Waals surface area contributed by atoms with E-state index in [1.54, 1.807) is 0 Å². The largest absolute Gasteiger partial charge is 0.341 e. The maximum absolute atomic E-state index is 12.3. The van der Waals surface area contributed by atoms with Crippen LogP contribution in [-0.4, -0.2) is 36.5 Å². The van der Waals surface area contributed by atoms with Crippen LogP contribution < -0.4 is 5.32 Å². The molecular formula is C14H26N2O. The van der Waals surface area contributed by atoms with Crippen LogP contribution >= 0.6 is 0 Å². The van der Waals surface area contributed by atoms with Crippen molar-refractivity contribution in [3.8, 4) is 0 Å². The van der Waals surface area contributed by atoms with E-state index in [4.69, 9.17) is 0 Å². The summed E-state index contributed by atoms with van der Waals surface area (Å²) < 4.78 is 0. The van der Waals surface area contributed by atoms with E-state index in [1.807, 2.05) is 0 Å². The third-order valence-electron chi connectivity index (χ3n) is 3.95. The number of amides is 1. The van der Waals surface area contributed by atoms with Gasteiger partial charge in [-0.15, -0.1) is 0 Å². The number of hydrogen-bond acceptors (Lipinski definition) is 2. The number of rotatable bonds is 5. The highest BCUT2D eigenvalue weighted by molar-refractivity contribution is 5.79. The minimum Gasteiger partial charge on any atom is -0.341 e. The maximum Gasteiger partial charge on any atom is 0.225 e. The normalized spacial score (nSPS) is 25.0. The standard InChI is InChI=1S/C14H26N2O/c1-11(2)9-16(10-13-7-4-8-15-13)14(17)12-5-3-6-12/h11-13,15H,3-10H2,1-2H3. The maximum atomic E-state index is 12.3. The predicted molar refractivity (Wildman–Crippen MR) is 69.8 cm³/mol. The Kier molecular flexibility index (Phi) is 4.43. The Labute approximate surface area is 105 Å². The quantitative estimate of drug-likeness (QED) is 0.795. The molecule has 1 aliphatic carbocycles. The molecule has 1 saturated heterocycles. The van der Waals surface area contributed by atoms with Gasteiger partial charge in [-0.05, 0) is 38.1 Å². The first-order chi connectivity index (χ1) is 8.16. The lowest BCUT2D eigenvalue weighted by atomic mass is 9.84. The molecule has 0 aromatic heterocycles. The summed E-state index contributed by atoms with van der Waals surface area (Å²) in [6, 6.07) is 0.540. The van der Waals surface area contributed by atoms with Gasteiger partial charge in [-0.1, -0.05) is 20.3 Å². The average molecular weight is 238 g/mol. The van der Waals surface area contributed by atoms with Gasteiger partial charge in [-0.25, -0.2) is 0 Å². The Morgan fingerprint density at radius 3 is 2.53 bits per heavy atom. The molecular weight excluding hydrogens is 212 g/mol. The Morgan fingerprint density at radius 2 is 2.06 bits per heavy atom. The Bertz CT molecular complexity index is 255. The molecule has 1 unspecified atom stereocenters. The Balaban J connectivity index is 1.88. The second-order valence-corrected chi connectivity index (χ2v) is 6.06. The zero-order chi connectivity index (χ0) is 12.3. The van der Waals surface area contributed by atoms with Crippen molar-refractivity contribution in [1.29, 1.82) is 0 Å². The first-order valence-electron chi connectivity index (χ1n) is 7.19.